The first-order valence-corrected chi connectivity index (χ1v) is 7.28. The Bertz CT molecular complexity index is 155. The van der Waals surface area contributed by atoms with Crippen LogP contribution in [0.1, 0.15) is 39.5 Å². The maximum Gasteiger partial charge on any atom is 0.115 e. The van der Waals surface area contributed by atoms with Gasteiger partial charge in [-0.15, -0.1) is 0 Å². The molecule has 0 aromatic heterocycles. The molecule has 83 valence electrons. The van der Waals surface area contributed by atoms with Crippen LogP contribution in [0, 0.1) is 35.6 Å². The third-order valence-electron chi connectivity index (χ3n) is 1.49. The molecule has 1 radical (unpaired) electrons. The molecule has 0 N–H and O–H groups in total. The van der Waals surface area contributed by atoms with E-state index in [4.69, 9.17) is 9.05 Å². The predicted molar refractivity (Wildman–Crippen MR) is 56.0 cm³/mol. The molecule has 0 aliphatic rings. The fourth-order valence-electron chi connectivity index (χ4n) is 0.679. The molecule has 0 fully saturated rings. The molecular weight excluding hydrogens is 346 g/mol. The zero-order valence-corrected chi connectivity index (χ0v) is 14.2. The van der Waals surface area contributed by atoms with Gasteiger partial charge in [-0.1, -0.05) is 38.5 Å². The molecule has 3 nitrogen and oxygen atoms in total. The maximum absolute atomic E-state index is 11.3. The fourth-order valence-corrected chi connectivity index (χ4v) is 1.91. The summed E-state index contributed by atoms with van der Waals surface area (Å²) in [5, 5.41) is 0. The van der Waals surface area contributed by atoms with Gasteiger partial charge in [0.25, 0.3) is 0 Å². The minimum atomic E-state index is -3.17. The molecule has 0 saturated heterocycles. The van der Waals surface area contributed by atoms with Gasteiger partial charge in [-0.25, -0.2) is 0 Å². The van der Waals surface area contributed by atoms with E-state index in [0.717, 1.165) is 25.7 Å². The largest absolute Gasteiger partial charge is 0.780 e. The van der Waals surface area contributed by atoms with Gasteiger partial charge in [0, 0.05) is 35.6 Å². The molecule has 0 aliphatic carbocycles. The van der Waals surface area contributed by atoms with Crippen molar-refractivity contribution in [3.8, 4) is 0 Å². The summed E-state index contributed by atoms with van der Waals surface area (Å²) in [5.41, 5.74) is 0. The van der Waals surface area contributed by atoms with Gasteiger partial charge in [-0.3, -0.25) is 0 Å². The first-order chi connectivity index (χ1) is 6.12. The molecule has 0 aromatic carbocycles. The molecule has 0 spiro atoms. The van der Waals surface area contributed by atoms with Crippen LogP contribution in [0.2, 0.25) is 0 Å². The van der Waals surface area contributed by atoms with Crippen molar-refractivity contribution in [3.63, 3.8) is 0 Å². The predicted octanol–water partition coefficient (Wildman–Crippen LogP) is 2.20. The summed E-state index contributed by atoms with van der Waals surface area (Å²) in [7, 11) is 0. The molecule has 0 heterocycles. The van der Waals surface area contributed by atoms with E-state index in [1.165, 1.54) is 0 Å². The first-order valence-electron chi connectivity index (χ1n) is 4.72. The Balaban J connectivity index is 0. The second-order valence-electron chi connectivity index (χ2n) is 2.82. The summed E-state index contributed by atoms with van der Waals surface area (Å²) in [5.74, 6) is 0. The Morgan fingerprint density at radius 2 is 1.43 bits per heavy atom. The summed E-state index contributed by atoms with van der Waals surface area (Å²) in [6, 6.07) is 0. The number of rotatable bonds is 8. The molecular formula is C8H18LaO3PS-. The second kappa shape index (κ2) is 11.2. The minimum absolute atomic E-state index is 0. The van der Waals surface area contributed by atoms with Crippen molar-refractivity contribution in [2.45, 2.75) is 39.5 Å². The number of hydrogen-bond donors (Lipinski definition) is 0. The Kier molecular flexibility index (Phi) is 14.5. The quantitative estimate of drug-likeness (QED) is 0.489. The molecule has 0 amide bonds. The topological polar surface area (TPSA) is 41.5 Å². The van der Waals surface area contributed by atoms with Crippen LogP contribution in [-0.2, 0) is 20.9 Å². The molecule has 14 heavy (non-hydrogen) atoms. The average molecular weight is 364 g/mol. The van der Waals surface area contributed by atoms with Crippen LogP contribution in [0.4, 0.5) is 0 Å². The SMILES string of the molecule is CCCCOP([O-])(=S)OCCCC.[La]. The van der Waals surface area contributed by atoms with Crippen molar-refractivity contribution in [2.75, 3.05) is 13.2 Å². The summed E-state index contributed by atoms with van der Waals surface area (Å²) >= 11 is 4.68. The molecule has 0 atom stereocenters. The molecule has 0 bridgehead atoms. The summed E-state index contributed by atoms with van der Waals surface area (Å²) in [6.45, 7) is 1.77. The minimum Gasteiger partial charge on any atom is -0.780 e. The molecule has 0 saturated carbocycles. The van der Waals surface area contributed by atoms with Gasteiger partial charge in [0.05, 0.1) is 13.2 Å². The molecule has 0 aliphatic heterocycles. The third kappa shape index (κ3) is 11.8. The van der Waals surface area contributed by atoms with Crippen LogP contribution in [0.3, 0.4) is 0 Å². The van der Waals surface area contributed by atoms with E-state index in [9.17, 15) is 4.89 Å². The van der Waals surface area contributed by atoms with Gasteiger partial charge >= 0.3 is 0 Å². The van der Waals surface area contributed by atoms with Gasteiger partial charge in [-0.05, 0) is 12.8 Å². The summed E-state index contributed by atoms with van der Waals surface area (Å²) in [4.78, 5) is 11.3. The van der Waals surface area contributed by atoms with Crippen LogP contribution in [0.15, 0.2) is 0 Å². The Morgan fingerprint density at radius 1 is 1.07 bits per heavy atom. The normalized spacial score (nSPS) is 11.1. The van der Waals surface area contributed by atoms with Crippen LogP contribution in [0.5, 0.6) is 0 Å². The third-order valence-corrected chi connectivity index (χ3v) is 3.12. The number of hydrogen-bond acceptors (Lipinski definition) is 4. The molecule has 6 heteroatoms. The summed E-state index contributed by atoms with van der Waals surface area (Å²) < 4.78 is 9.93. The zero-order chi connectivity index (χ0) is 10.2. The van der Waals surface area contributed by atoms with Crippen molar-refractivity contribution in [2.24, 2.45) is 0 Å². The monoisotopic (exact) mass is 364 g/mol. The maximum atomic E-state index is 11.3. The van der Waals surface area contributed by atoms with E-state index in [1.54, 1.807) is 0 Å². The Labute approximate surface area is 120 Å². The van der Waals surface area contributed by atoms with Gasteiger partial charge in [0.15, 0.2) is 0 Å². The van der Waals surface area contributed by atoms with Crippen LogP contribution >= 0.6 is 6.72 Å². The van der Waals surface area contributed by atoms with Gasteiger partial charge < -0.3 is 13.9 Å². The van der Waals surface area contributed by atoms with E-state index < -0.39 is 6.72 Å². The standard InChI is InChI=1S/C8H19O3PS.La/c1-3-5-7-10-12(9,13)11-8-6-4-2;/h3-8H2,1-2H3,(H,9,13);/p-1. The fraction of sp³-hybridized carbons (Fsp3) is 1.00. The van der Waals surface area contributed by atoms with Crippen molar-refractivity contribution in [3.05, 3.63) is 0 Å². The van der Waals surface area contributed by atoms with Crippen LogP contribution in [-0.4, -0.2) is 13.2 Å². The van der Waals surface area contributed by atoms with E-state index >= 15 is 0 Å². The van der Waals surface area contributed by atoms with E-state index in [-0.39, 0.29) is 35.6 Å². The van der Waals surface area contributed by atoms with Gasteiger partial charge in [0.2, 0.25) is 0 Å². The van der Waals surface area contributed by atoms with E-state index in [2.05, 4.69) is 11.8 Å². The number of unbranched alkanes of at least 4 members (excludes halogenated alkanes) is 2. The Hall–Kier alpha value is 1.72. The molecule has 0 unspecified atom stereocenters. The molecule has 0 aromatic rings. The van der Waals surface area contributed by atoms with E-state index in [1.807, 2.05) is 13.8 Å². The van der Waals surface area contributed by atoms with Crippen LogP contribution in [0.25, 0.3) is 0 Å². The zero-order valence-electron chi connectivity index (χ0n) is 8.90. The summed E-state index contributed by atoms with van der Waals surface area (Å²) in [6.07, 6.45) is 3.75. The average Bonchev–Trinajstić information content (AvgIpc) is 2.05. The smallest absolute Gasteiger partial charge is 0.115 e. The Morgan fingerprint density at radius 3 is 1.71 bits per heavy atom. The van der Waals surface area contributed by atoms with Crippen LogP contribution < -0.4 is 4.89 Å². The van der Waals surface area contributed by atoms with Crippen molar-refractivity contribution in [1.82, 2.24) is 0 Å². The van der Waals surface area contributed by atoms with Crippen molar-refractivity contribution in [1.29, 1.82) is 0 Å². The van der Waals surface area contributed by atoms with E-state index in [0.29, 0.717) is 13.2 Å². The van der Waals surface area contributed by atoms with Crippen molar-refractivity contribution < 1.29 is 49.5 Å². The molecule has 0 rings (SSSR count). The second-order valence-corrected chi connectivity index (χ2v) is 5.57. The van der Waals surface area contributed by atoms with Gasteiger partial charge in [-0.2, -0.15) is 0 Å². The van der Waals surface area contributed by atoms with Crippen molar-refractivity contribution >= 4 is 18.5 Å². The first kappa shape index (κ1) is 18.1. The van der Waals surface area contributed by atoms with Gasteiger partial charge in [0.1, 0.15) is 6.72 Å².